The number of benzene rings is 1. The predicted molar refractivity (Wildman–Crippen MR) is 66.2 cm³/mol. The van der Waals surface area contributed by atoms with Crippen LogP contribution in [0.3, 0.4) is 0 Å². The van der Waals surface area contributed by atoms with Gasteiger partial charge in [0.25, 0.3) is 0 Å². The van der Waals surface area contributed by atoms with Gasteiger partial charge in [-0.3, -0.25) is 4.79 Å². The van der Waals surface area contributed by atoms with Crippen molar-refractivity contribution < 1.29 is 19.8 Å². The van der Waals surface area contributed by atoms with Crippen molar-refractivity contribution >= 4 is 17.6 Å². The number of carboxylic acids is 1. The van der Waals surface area contributed by atoms with Crippen LogP contribution in [0.5, 0.6) is 0 Å². The third-order valence-corrected chi connectivity index (χ3v) is 2.29. The van der Waals surface area contributed by atoms with Crippen molar-refractivity contribution in [1.29, 1.82) is 0 Å². The Labute approximate surface area is 105 Å². The molecule has 4 N–H and O–H groups in total. The summed E-state index contributed by atoms with van der Waals surface area (Å²) in [6.07, 6.45) is -1.15. The van der Waals surface area contributed by atoms with E-state index < -0.39 is 24.0 Å². The van der Waals surface area contributed by atoms with Gasteiger partial charge in [0.15, 0.2) is 6.04 Å². The van der Waals surface area contributed by atoms with Gasteiger partial charge in [0, 0.05) is 5.69 Å². The minimum absolute atomic E-state index is 0.0550. The van der Waals surface area contributed by atoms with Crippen molar-refractivity contribution in [2.45, 2.75) is 19.1 Å². The van der Waals surface area contributed by atoms with Crippen LogP contribution >= 0.6 is 0 Å². The maximum atomic E-state index is 11.5. The molecular weight excluding hydrogens is 236 g/mol. The molecule has 6 nitrogen and oxygen atoms in total. The number of anilines is 1. The van der Waals surface area contributed by atoms with E-state index in [0.29, 0.717) is 0 Å². The summed E-state index contributed by atoms with van der Waals surface area (Å²) in [5.41, 5.74) is 0.761. The fraction of sp³-hybridized carbons (Fsp3) is 0.333. The maximum Gasteiger partial charge on any atom is 0.328 e. The number of nitrogens with one attached hydrogen (secondary N) is 2. The smallest absolute Gasteiger partial charge is 0.328 e. The molecule has 0 aliphatic heterocycles. The minimum atomic E-state index is -1.30. The van der Waals surface area contributed by atoms with E-state index >= 15 is 0 Å². The number of carbonyl (C=O) groups is 2. The predicted octanol–water partition coefficient (Wildman–Crippen LogP) is 0.0487. The molecule has 1 amide bonds. The molecule has 1 aromatic rings. The lowest BCUT2D eigenvalue weighted by molar-refractivity contribution is -0.144. The van der Waals surface area contributed by atoms with E-state index in [0.717, 1.165) is 5.69 Å². The van der Waals surface area contributed by atoms with Crippen LogP contribution in [0.2, 0.25) is 0 Å². The van der Waals surface area contributed by atoms with Gasteiger partial charge in [-0.05, 0) is 19.1 Å². The van der Waals surface area contributed by atoms with E-state index in [2.05, 4.69) is 10.6 Å². The Morgan fingerprint density at radius 1 is 1.28 bits per heavy atom. The molecule has 18 heavy (non-hydrogen) atoms. The fourth-order valence-electron chi connectivity index (χ4n) is 1.35. The number of rotatable bonds is 6. The molecule has 0 aliphatic carbocycles. The van der Waals surface area contributed by atoms with Gasteiger partial charge >= 0.3 is 5.97 Å². The molecule has 1 aromatic carbocycles. The fourth-order valence-corrected chi connectivity index (χ4v) is 1.35. The second-order valence-electron chi connectivity index (χ2n) is 3.84. The van der Waals surface area contributed by atoms with Crippen molar-refractivity contribution in [2.24, 2.45) is 0 Å². The summed E-state index contributed by atoms with van der Waals surface area (Å²) in [6.45, 7) is 1.25. The number of amides is 1. The highest BCUT2D eigenvalue weighted by atomic mass is 16.4. The van der Waals surface area contributed by atoms with E-state index in [1.807, 2.05) is 18.2 Å². The summed E-state index contributed by atoms with van der Waals surface area (Å²) in [5, 5.41) is 23.1. The maximum absolute atomic E-state index is 11.5. The van der Waals surface area contributed by atoms with E-state index in [-0.39, 0.29) is 6.54 Å². The largest absolute Gasteiger partial charge is 0.480 e. The van der Waals surface area contributed by atoms with Gasteiger partial charge in [-0.25, -0.2) is 4.79 Å². The summed E-state index contributed by atoms with van der Waals surface area (Å²) in [6, 6.07) is 7.76. The van der Waals surface area contributed by atoms with E-state index in [1.165, 1.54) is 6.92 Å². The molecule has 0 radical (unpaired) electrons. The molecule has 0 aromatic heterocycles. The second kappa shape index (κ2) is 6.61. The standard InChI is InChI=1S/C12H16N2O4/c1-8(15)11(12(17)18)14-10(16)7-13-9-5-3-2-4-6-9/h2-6,8,11,13,15H,7H2,1H3,(H,14,16)(H,17,18). The number of para-hydroxylation sites is 1. The number of hydrogen-bond donors (Lipinski definition) is 4. The molecule has 0 aliphatic rings. The molecule has 0 fully saturated rings. The Kier molecular flexibility index (Phi) is 5.13. The number of hydrogen-bond acceptors (Lipinski definition) is 4. The lowest BCUT2D eigenvalue weighted by atomic mass is 10.2. The number of aliphatic hydroxyl groups excluding tert-OH is 1. The van der Waals surface area contributed by atoms with E-state index in [9.17, 15) is 14.7 Å². The molecule has 1 rings (SSSR count). The molecule has 0 saturated carbocycles. The van der Waals surface area contributed by atoms with Crippen LogP contribution in [0.1, 0.15) is 6.92 Å². The zero-order chi connectivity index (χ0) is 13.5. The van der Waals surface area contributed by atoms with Crippen LogP contribution in [-0.2, 0) is 9.59 Å². The summed E-state index contributed by atoms with van der Waals surface area (Å²) in [4.78, 5) is 22.2. The Balaban J connectivity index is 2.44. The van der Waals surface area contributed by atoms with Crippen LogP contribution in [0, 0.1) is 0 Å². The van der Waals surface area contributed by atoms with Gasteiger partial charge in [0.2, 0.25) is 5.91 Å². The first-order valence-corrected chi connectivity index (χ1v) is 5.50. The van der Waals surface area contributed by atoms with Gasteiger partial charge in [0.1, 0.15) is 0 Å². The number of carbonyl (C=O) groups excluding carboxylic acids is 1. The molecule has 2 unspecified atom stereocenters. The highest BCUT2D eigenvalue weighted by Gasteiger charge is 2.24. The normalized spacial score (nSPS) is 13.4. The first kappa shape index (κ1) is 14.0. The van der Waals surface area contributed by atoms with Crippen LogP contribution in [0.25, 0.3) is 0 Å². The lowest BCUT2D eigenvalue weighted by Gasteiger charge is -2.17. The van der Waals surface area contributed by atoms with Crippen molar-refractivity contribution in [3.8, 4) is 0 Å². The molecule has 0 saturated heterocycles. The summed E-state index contributed by atoms with van der Waals surface area (Å²) in [5.74, 6) is -1.76. The second-order valence-corrected chi connectivity index (χ2v) is 3.84. The summed E-state index contributed by atoms with van der Waals surface area (Å²) in [7, 11) is 0. The van der Waals surface area contributed by atoms with Crippen LogP contribution < -0.4 is 10.6 Å². The summed E-state index contributed by atoms with van der Waals surface area (Å²) < 4.78 is 0. The highest BCUT2D eigenvalue weighted by Crippen LogP contribution is 2.03. The Hall–Kier alpha value is -2.08. The van der Waals surface area contributed by atoms with E-state index in [1.54, 1.807) is 12.1 Å². The first-order valence-electron chi connectivity index (χ1n) is 5.50. The van der Waals surface area contributed by atoms with Crippen molar-refractivity contribution in [1.82, 2.24) is 5.32 Å². The average molecular weight is 252 g/mol. The lowest BCUT2D eigenvalue weighted by Crippen LogP contribution is -2.49. The van der Waals surface area contributed by atoms with Gasteiger partial charge in [0.05, 0.1) is 12.6 Å². The topological polar surface area (TPSA) is 98.7 Å². The minimum Gasteiger partial charge on any atom is -0.480 e. The molecule has 6 heteroatoms. The molecular formula is C12H16N2O4. The van der Waals surface area contributed by atoms with Crippen LogP contribution in [0.15, 0.2) is 30.3 Å². The third-order valence-electron chi connectivity index (χ3n) is 2.29. The zero-order valence-corrected chi connectivity index (χ0v) is 9.96. The molecule has 98 valence electrons. The monoisotopic (exact) mass is 252 g/mol. The van der Waals surface area contributed by atoms with Gasteiger partial charge in [-0.15, -0.1) is 0 Å². The molecule has 0 spiro atoms. The number of aliphatic carboxylic acids is 1. The number of aliphatic hydroxyl groups is 1. The molecule has 0 heterocycles. The third kappa shape index (κ3) is 4.42. The van der Waals surface area contributed by atoms with Crippen LogP contribution in [0.4, 0.5) is 5.69 Å². The Morgan fingerprint density at radius 2 is 1.89 bits per heavy atom. The summed E-state index contributed by atoms with van der Waals surface area (Å²) >= 11 is 0. The molecule has 0 bridgehead atoms. The van der Waals surface area contributed by atoms with Gasteiger partial charge in [-0.1, -0.05) is 18.2 Å². The van der Waals surface area contributed by atoms with E-state index in [4.69, 9.17) is 5.11 Å². The molecule has 2 atom stereocenters. The van der Waals surface area contributed by atoms with Crippen molar-refractivity contribution in [3.05, 3.63) is 30.3 Å². The Morgan fingerprint density at radius 3 is 2.39 bits per heavy atom. The SMILES string of the molecule is CC(O)C(NC(=O)CNc1ccccc1)C(=O)O. The quantitative estimate of drug-likeness (QED) is 0.573. The number of carboxylic acid groups (broad SMARTS) is 1. The van der Waals surface area contributed by atoms with Crippen molar-refractivity contribution in [3.63, 3.8) is 0 Å². The highest BCUT2D eigenvalue weighted by molar-refractivity contribution is 5.86. The average Bonchev–Trinajstić information content (AvgIpc) is 2.34. The van der Waals surface area contributed by atoms with Gasteiger partial charge < -0.3 is 20.8 Å². The first-order chi connectivity index (χ1) is 8.50. The Bertz CT molecular complexity index is 406. The van der Waals surface area contributed by atoms with Crippen molar-refractivity contribution in [2.75, 3.05) is 11.9 Å². The van der Waals surface area contributed by atoms with Crippen LogP contribution in [-0.4, -0.2) is 40.8 Å². The zero-order valence-electron chi connectivity index (χ0n) is 9.96. The van der Waals surface area contributed by atoms with Gasteiger partial charge in [-0.2, -0.15) is 0 Å².